The average molecular weight is 385 g/mol. The van der Waals surface area contributed by atoms with Crippen LogP contribution in [0.25, 0.3) is 0 Å². The van der Waals surface area contributed by atoms with Crippen molar-refractivity contribution in [1.82, 2.24) is 0 Å². The van der Waals surface area contributed by atoms with Crippen molar-refractivity contribution in [2.24, 2.45) is 0 Å². The molecule has 2 N–H and O–H groups in total. The van der Waals surface area contributed by atoms with Gasteiger partial charge in [0, 0.05) is 9.26 Å². The van der Waals surface area contributed by atoms with Crippen LogP contribution in [0.1, 0.15) is 11.1 Å². The van der Waals surface area contributed by atoms with E-state index in [9.17, 15) is 9.18 Å². The minimum absolute atomic E-state index is 0.102. The number of carboxylic acid groups (broad SMARTS) is 1. The second kappa shape index (κ2) is 6.21. The Labute approximate surface area is 130 Å². The zero-order valence-corrected chi connectivity index (χ0v) is 12.9. The summed E-state index contributed by atoms with van der Waals surface area (Å²) in [5, 5.41) is 12.0. The van der Waals surface area contributed by atoms with Gasteiger partial charge in [-0.25, -0.2) is 4.39 Å². The second-order valence-electron chi connectivity index (χ2n) is 4.45. The Balaban J connectivity index is 2.40. The number of nitrogens with one attached hydrogen (secondary N) is 1. The maximum atomic E-state index is 13.8. The summed E-state index contributed by atoms with van der Waals surface area (Å²) in [5.74, 6) is -1.28. The molecule has 0 atom stereocenters. The van der Waals surface area contributed by atoms with Crippen LogP contribution in [0.4, 0.5) is 15.8 Å². The van der Waals surface area contributed by atoms with Gasteiger partial charge in [0.1, 0.15) is 5.82 Å². The molecule has 0 aliphatic heterocycles. The number of anilines is 2. The zero-order chi connectivity index (χ0) is 14.7. The number of para-hydroxylation sites is 1. The summed E-state index contributed by atoms with van der Waals surface area (Å²) in [6.45, 7) is 1.89. The van der Waals surface area contributed by atoms with Gasteiger partial charge in [-0.3, -0.25) is 4.79 Å². The van der Waals surface area contributed by atoms with E-state index in [0.29, 0.717) is 16.9 Å². The zero-order valence-electron chi connectivity index (χ0n) is 10.8. The molecule has 2 aromatic rings. The number of carbonyl (C=O) groups is 1. The van der Waals surface area contributed by atoms with Crippen molar-refractivity contribution in [2.75, 3.05) is 5.32 Å². The van der Waals surface area contributed by atoms with Crippen LogP contribution in [0.3, 0.4) is 0 Å². The molecule has 3 nitrogen and oxygen atoms in total. The molecule has 0 spiro atoms. The number of aryl methyl sites for hydroxylation is 1. The van der Waals surface area contributed by atoms with Crippen molar-refractivity contribution < 1.29 is 14.3 Å². The third kappa shape index (κ3) is 3.47. The van der Waals surface area contributed by atoms with E-state index in [4.69, 9.17) is 5.11 Å². The van der Waals surface area contributed by atoms with E-state index in [2.05, 4.69) is 5.32 Å². The Morgan fingerprint density at radius 3 is 2.75 bits per heavy atom. The van der Waals surface area contributed by atoms with Crippen LogP contribution in [0.5, 0.6) is 0 Å². The molecule has 2 aromatic carbocycles. The topological polar surface area (TPSA) is 49.3 Å². The lowest BCUT2D eigenvalue weighted by Crippen LogP contribution is -2.05. The standard InChI is InChI=1S/C15H13FINO2/c1-9-5-6-13(10(7-9)8-14(19)20)18-15-11(16)3-2-4-12(15)17/h2-7,18H,8H2,1H3,(H,19,20). The van der Waals surface area contributed by atoms with Crippen molar-refractivity contribution >= 4 is 39.9 Å². The highest BCUT2D eigenvalue weighted by Gasteiger charge is 2.11. The van der Waals surface area contributed by atoms with Crippen LogP contribution in [-0.2, 0) is 11.2 Å². The van der Waals surface area contributed by atoms with Gasteiger partial charge in [-0.15, -0.1) is 0 Å². The minimum Gasteiger partial charge on any atom is -0.481 e. The van der Waals surface area contributed by atoms with Gasteiger partial charge in [-0.05, 0) is 53.3 Å². The molecule has 0 aliphatic carbocycles. The largest absolute Gasteiger partial charge is 0.481 e. The normalized spacial score (nSPS) is 10.3. The van der Waals surface area contributed by atoms with Gasteiger partial charge >= 0.3 is 5.97 Å². The summed E-state index contributed by atoms with van der Waals surface area (Å²) in [6.07, 6.45) is -0.102. The van der Waals surface area contributed by atoms with Gasteiger partial charge in [0.15, 0.2) is 0 Å². The number of aliphatic carboxylic acids is 1. The lowest BCUT2D eigenvalue weighted by Gasteiger charge is -2.14. The molecule has 0 bridgehead atoms. The van der Waals surface area contributed by atoms with Crippen molar-refractivity contribution in [3.05, 3.63) is 56.9 Å². The monoisotopic (exact) mass is 385 g/mol. The van der Waals surface area contributed by atoms with E-state index in [1.807, 2.05) is 35.6 Å². The average Bonchev–Trinajstić information content (AvgIpc) is 2.35. The minimum atomic E-state index is -0.915. The van der Waals surface area contributed by atoms with Gasteiger partial charge in [0.2, 0.25) is 0 Å². The highest BCUT2D eigenvalue weighted by Crippen LogP contribution is 2.28. The van der Waals surface area contributed by atoms with Crippen molar-refractivity contribution in [2.45, 2.75) is 13.3 Å². The molecule has 0 fully saturated rings. The maximum absolute atomic E-state index is 13.8. The Morgan fingerprint density at radius 2 is 2.10 bits per heavy atom. The quantitative estimate of drug-likeness (QED) is 0.779. The van der Waals surface area contributed by atoms with E-state index in [-0.39, 0.29) is 12.2 Å². The Hall–Kier alpha value is -1.63. The fourth-order valence-corrected chi connectivity index (χ4v) is 2.51. The summed E-state index contributed by atoms with van der Waals surface area (Å²) in [5.41, 5.74) is 2.58. The molecule has 0 saturated heterocycles. The highest BCUT2D eigenvalue weighted by atomic mass is 127. The van der Waals surface area contributed by atoms with Crippen LogP contribution in [0.15, 0.2) is 36.4 Å². The lowest BCUT2D eigenvalue weighted by molar-refractivity contribution is -0.136. The van der Waals surface area contributed by atoms with E-state index in [0.717, 1.165) is 9.13 Å². The maximum Gasteiger partial charge on any atom is 0.307 e. The van der Waals surface area contributed by atoms with Crippen LogP contribution in [-0.4, -0.2) is 11.1 Å². The molecular formula is C15H13FINO2. The summed E-state index contributed by atoms with van der Waals surface area (Å²) in [6, 6.07) is 10.2. The molecule has 0 unspecified atom stereocenters. The first-order chi connectivity index (χ1) is 9.47. The molecule has 104 valence electrons. The van der Waals surface area contributed by atoms with Crippen molar-refractivity contribution in [3.8, 4) is 0 Å². The molecule has 0 radical (unpaired) electrons. The fourth-order valence-electron chi connectivity index (χ4n) is 1.91. The second-order valence-corrected chi connectivity index (χ2v) is 5.61. The Bertz CT molecular complexity index is 638. The molecule has 0 heterocycles. The molecule has 0 amide bonds. The van der Waals surface area contributed by atoms with Crippen LogP contribution >= 0.6 is 22.6 Å². The van der Waals surface area contributed by atoms with Crippen LogP contribution in [0.2, 0.25) is 0 Å². The summed E-state index contributed by atoms with van der Waals surface area (Å²) in [4.78, 5) is 10.9. The van der Waals surface area contributed by atoms with E-state index in [1.165, 1.54) is 6.07 Å². The number of benzene rings is 2. The number of carboxylic acids is 1. The van der Waals surface area contributed by atoms with Crippen LogP contribution in [0, 0.1) is 16.3 Å². The SMILES string of the molecule is Cc1ccc(Nc2c(F)cccc2I)c(CC(=O)O)c1. The third-order valence-corrected chi connectivity index (χ3v) is 3.72. The van der Waals surface area contributed by atoms with E-state index < -0.39 is 5.97 Å². The number of rotatable bonds is 4. The van der Waals surface area contributed by atoms with E-state index >= 15 is 0 Å². The molecular weight excluding hydrogens is 372 g/mol. The van der Waals surface area contributed by atoms with Gasteiger partial charge in [-0.2, -0.15) is 0 Å². The molecule has 0 aromatic heterocycles. The summed E-state index contributed by atoms with van der Waals surface area (Å²) >= 11 is 2.04. The fraction of sp³-hybridized carbons (Fsp3) is 0.133. The molecule has 5 heteroatoms. The first kappa shape index (κ1) is 14.8. The molecule has 0 saturated carbocycles. The number of halogens is 2. The van der Waals surface area contributed by atoms with Crippen molar-refractivity contribution in [3.63, 3.8) is 0 Å². The first-order valence-corrected chi connectivity index (χ1v) is 7.07. The first-order valence-electron chi connectivity index (χ1n) is 5.99. The summed E-state index contributed by atoms with van der Waals surface area (Å²) < 4.78 is 14.6. The van der Waals surface area contributed by atoms with Gasteiger partial charge < -0.3 is 10.4 Å². The summed E-state index contributed by atoms with van der Waals surface area (Å²) in [7, 11) is 0. The van der Waals surface area contributed by atoms with Crippen LogP contribution < -0.4 is 5.32 Å². The Kier molecular flexibility index (Phi) is 4.59. The molecule has 20 heavy (non-hydrogen) atoms. The van der Waals surface area contributed by atoms with Gasteiger partial charge in [-0.1, -0.05) is 23.8 Å². The molecule has 2 rings (SSSR count). The smallest absolute Gasteiger partial charge is 0.307 e. The van der Waals surface area contributed by atoms with Gasteiger partial charge in [0.05, 0.1) is 12.1 Å². The molecule has 0 aliphatic rings. The van der Waals surface area contributed by atoms with E-state index in [1.54, 1.807) is 24.3 Å². The predicted molar refractivity (Wildman–Crippen MR) is 84.9 cm³/mol. The van der Waals surface area contributed by atoms with Gasteiger partial charge in [0.25, 0.3) is 0 Å². The van der Waals surface area contributed by atoms with Crippen molar-refractivity contribution in [1.29, 1.82) is 0 Å². The lowest BCUT2D eigenvalue weighted by atomic mass is 10.1. The predicted octanol–water partition coefficient (Wildman–Crippen LogP) is 4.11. The highest BCUT2D eigenvalue weighted by molar-refractivity contribution is 14.1. The number of hydrogen-bond acceptors (Lipinski definition) is 2. The number of hydrogen-bond donors (Lipinski definition) is 2. The Morgan fingerprint density at radius 1 is 1.35 bits per heavy atom. The third-order valence-electron chi connectivity index (χ3n) is 2.82.